The molecule has 0 bridgehead atoms. The molecule has 1 aromatic rings. The highest BCUT2D eigenvalue weighted by Crippen LogP contribution is 2.19. The highest BCUT2D eigenvalue weighted by molar-refractivity contribution is 6.39. The first-order valence-electron chi connectivity index (χ1n) is 3.81. The number of furan rings is 1. The van der Waals surface area contributed by atoms with Crippen molar-refractivity contribution in [1.82, 2.24) is 10.4 Å². The standard InChI is InChI=1S/C8H8N2O3/c1-10-8(12)7(11)6(9-10)5-3-2-4-13-5/h2-4,6,9H,1H3. The van der Waals surface area contributed by atoms with Crippen molar-refractivity contribution in [2.24, 2.45) is 0 Å². The number of nitrogens with zero attached hydrogens (tertiary/aromatic N) is 1. The minimum atomic E-state index is -0.660. The molecule has 2 heterocycles. The molecule has 2 rings (SSSR count). The van der Waals surface area contributed by atoms with Crippen LogP contribution in [0.1, 0.15) is 11.8 Å². The van der Waals surface area contributed by atoms with Crippen molar-refractivity contribution in [3.8, 4) is 0 Å². The lowest BCUT2D eigenvalue weighted by atomic mass is 10.1. The maximum Gasteiger partial charge on any atom is 0.306 e. The van der Waals surface area contributed by atoms with Gasteiger partial charge in [-0.2, -0.15) is 0 Å². The second kappa shape index (κ2) is 2.70. The van der Waals surface area contributed by atoms with Crippen LogP contribution in [0.15, 0.2) is 22.8 Å². The van der Waals surface area contributed by atoms with Crippen molar-refractivity contribution in [3.63, 3.8) is 0 Å². The molecule has 5 nitrogen and oxygen atoms in total. The Balaban J connectivity index is 2.29. The molecule has 0 spiro atoms. The average Bonchev–Trinajstić information content (AvgIpc) is 2.70. The van der Waals surface area contributed by atoms with E-state index >= 15 is 0 Å². The molecule has 1 amide bonds. The Kier molecular flexibility index (Phi) is 1.66. The Morgan fingerprint density at radius 1 is 1.54 bits per heavy atom. The number of rotatable bonds is 1. The Morgan fingerprint density at radius 2 is 2.31 bits per heavy atom. The van der Waals surface area contributed by atoms with Crippen molar-refractivity contribution in [2.75, 3.05) is 7.05 Å². The number of Topliss-reactive ketones (excluding diaryl/α,β-unsaturated/α-hetero) is 1. The third kappa shape index (κ3) is 1.13. The van der Waals surface area contributed by atoms with Crippen molar-refractivity contribution >= 4 is 11.7 Å². The molecule has 1 unspecified atom stereocenters. The largest absolute Gasteiger partial charge is 0.467 e. The van der Waals surface area contributed by atoms with E-state index in [2.05, 4.69) is 5.43 Å². The van der Waals surface area contributed by atoms with E-state index in [1.807, 2.05) is 0 Å². The van der Waals surface area contributed by atoms with Gasteiger partial charge in [-0.05, 0) is 12.1 Å². The summed E-state index contributed by atoms with van der Waals surface area (Å²) in [4.78, 5) is 22.4. The Hall–Kier alpha value is -1.62. The number of likely N-dealkylation sites (N-methyl/N-ethyl adjacent to an activating group) is 1. The fraction of sp³-hybridized carbons (Fsp3) is 0.250. The molecule has 1 fully saturated rings. The summed E-state index contributed by atoms with van der Waals surface area (Å²) in [6.07, 6.45) is 1.47. The van der Waals surface area contributed by atoms with Crippen LogP contribution in [0.5, 0.6) is 0 Å². The van der Waals surface area contributed by atoms with Crippen molar-refractivity contribution in [2.45, 2.75) is 6.04 Å². The third-order valence-corrected chi connectivity index (χ3v) is 1.93. The molecule has 1 aliphatic rings. The summed E-state index contributed by atoms with van der Waals surface area (Å²) in [5, 5.41) is 1.16. The van der Waals surface area contributed by atoms with E-state index in [0.29, 0.717) is 5.76 Å². The molecular formula is C8H8N2O3. The zero-order chi connectivity index (χ0) is 9.42. The first-order valence-corrected chi connectivity index (χ1v) is 3.81. The normalized spacial score (nSPS) is 22.8. The Bertz CT molecular complexity index is 344. The van der Waals surface area contributed by atoms with Gasteiger partial charge in [-0.1, -0.05) is 0 Å². The summed E-state index contributed by atoms with van der Waals surface area (Å²) in [5.41, 5.74) is 2.70. The topological polar surface area (TPSA) is 62.6 Å². The lowest BCUT2D eigenvalue weighted by Gasteiger charge is -2.08. The monoisotopic (exact) mass is 180 g/mol. The molecule has 0 radical (unpaired) electrons. The molecule has 0 aliphatic carbocycles. The molecular weight excluding hydrogens is 172 g/mol. The summed E-state index contributed by atoms with van der Waals surface area (Å²) in [6, 6.07) is 2.67. The lowest BCUT2D eigenvalue weighted by Crippen LogP contribution is -2.30. The van der Waals surface area contributed by atoms with E-state index in [1.54, 1.807) is 12.1 Å². The molecule has 0 aromatic carbocycles. The summed E-state index contributed by atoms with van der Waals surface area (Å²) in [6.45, 7) is 0. The van der Waals surface area contributed by atoms with Gasteiger partial charge in [0, 0.05) is 7.05 Å². The van der Waals surface area contributed by atoms with Crippen LogP contribution >= 0.6 is 0 Å². The molecule has 1 aliphatic heterocycles. The highest BCUT2D eigenvalue weighted by Gasteiger charge is 2.38. The van der Waals surface area contributed by atoms with Gasteiger partial charge in [-0.25, -0.2) is 5.43 Å². The zero-order valence-corrected chi connectivity index (χ0v) is 6.98. The van der Waals surface area contributed by atoms with E-state index in [9.17, 15) is 9.59 Å². The van der Waals surface area contributed by atoms with E-state index in [0.717, 1.165) is 5.01 Å². The van der Waals surface area contributed by atoms with Gasteiger partial charge in [0.15, 0.2) is 6.04 Å². The maximum atomic E-state index is 11.3. The van der Waals surface area contributed by atoms with Crippen LogP contribution in [-0.4, -0.2) is 23.7 Å². The lowest BCUT2D eigenvalue weighted by molar-refractivity contribution is -0.140. The number of hydrazine groups is 1. The molecule has 68 valence electrons. The summed E-state index contributed by atoms with van der Waals surface area (Å²) in [7, 11) is 1.50. The average molecular weight is 180 g/mol. The first-order chi connectivity index (χ1) is 6.20. The van der Waals surface area contributed by atoms with Gasteiger partial charge in [-0.3, -0.25) is 14.6 Å². The molecule has 13 heavy (non-hydrogen) atoms. The molecule has 1 aromatic heterocycles. The minimum Gasteiger partial charge on any atom is -0.467 e. The molecule has 0 saturated carbocycles. The van der Waals surface area contributed by atoms with Crippen LogP contribution in [0, 0.1) is 0 Å². The molecule has 1 saturated heterocycles. The number of hydrogen-bond acceptors (Lipinski definition) is 4. The van der Waals surface area contributed by atoms with Crippen molar-refractivity contribution in [3.05, 3.63) is 24.2 Å². The highest BCUT2D eigenvalue weighted by atomic mass is 16.3. The first kappa shape index (κ1) is 8.00. The Labute approximate surface area is 74.3 Å². The van der Waals surface area contributed by atoms with E-state index in [4.69, 9.17) is 4.42 Å². The van der Waals surface area contributed by atoms with Gasteiger partial charge in [0.25, 0.3) is 0 Å². The zero-order valence-electron chi connectivity index (χ0n) is 6.98. The smallest absolute Gasteiger partial charge is 0.306 e. The maximum absolute atomic E-state index is 11.3. The van der Waals surface area contributed by atoms with E-state index in [-0.39, 0.29) is 0 Å². The van der Waals surface area contributed by atoms with Gasteiger partial charge in [0.05, 0.1) is 6.26 Å². The fourth-order valence-electron chi connectivity index (χ4n) is 1.25. The van der Waals surface area contributed by atoms with Crippen molar-refractivity contribution < 1.29 is 14.0 Å². The number of carbonyl (C=O) groups is 2. The third-order valence-electron chi connectivity index (χ3n) is 1.93. The van der Waals surface area contributed by atoms with Crippen LogP contribution < -0.4 is 5.43 Å². The number of amides is 1. The minimum absolute atomic E-state index is 0.461. The predicted molar refractivity (Wildman–Crippen MR) is 42.4 cm³/mol. The molecule has 1 atom stereocenters. The van der Waals surface area contributed by atoms with Crippen molar-refractivity contribution in [1.29, 1.82) is 0 Å². The second-order valence-electron chi connectivity index (χ2n) is 2.81. The van der Waals surface area contributed by atoms with E-state index in [1.165, 1.54) is 13.3 Å². The SMILES string of the molecule is CN1NC(c2ccco2)C(=O)C1=O. The van der Waals surface area contributed by atoms with Crippen LogP contribution in [0.4, 0.5) is 0 Å². The fourth-order valence-corrected chi connectivity index (χ4v) is 1.25. The molecule has 1 N–H and O–H groups in total. The van der Waals surface area contributed by atoms with Gasteiger partial charge < -0.3 is 4.42 Å². The number of nitrogens with one attached hydrogen (secondary N) is 1. The quantitative estimate of drug-likeness (QED) is 0.611. The van der Waals surface area contributed by atoms with Gasteiger partial charge in [0.2, 0.25) is 5.78 Å². The van der Waals surface area contributed by atoms with Gasteiger partial charge in [0.1, 0.15) is 5.76 Å². The van der Waals surface area contributed by atoms with E-state index < -0.39 is 17.7 Å². The number of hydrogen-bond donors (Lipinski definition) is 1. The van der Waals surface area contributed by atoms with Crippen LogP contribution in [0.2, 0.25) is 0 Å². The van der Waals surface area contributed by atoms with Crippen LogP contribution in [0.25, 0.3) is 0 Å². The summed E-state index contributed by atoms with van der Waals surface area (Å²) < 4.78 is 5.02. The van der Waals surface area contributed by atoms with Crippen LogP contribution in [-0.2, 0) is 9.59 Å². The number of carbonyl (C=O) groups excluding carboxylic acids is 2. The summed E-state index contributed by atoms with van der Waals surface area (Å²) >= 11 is 0. The number of ketones is 1. The predicted octanol–water partition coefficient (Wildman–Crippen LogP) is -0.134. The Morgan fingerprint density at radius 3 is 2.77 bits per heavy atom. The second-order valence-corrected chi connectivity index (χ2v) is 2.81. The van der Waals surface area contributed by atoms with Crippen LogP contribution in [0.3, 0.4) is 0 Å². The summed E-state index contributed by atoms with van der Waals surface area (Å²) in [5.74, 6) is -0.568. The van der Waals surface area contributed by atoms with Gasteiger partial charge >= 0.3 is 5.91 Å². The molecule has 5 heteroatoms. The van der Waals surface area contributed by atoms with Gasteiger partial charge in [-0.15, -0.1) is 0 Å².